The Kier molecular flexibility index (Phi) is 2.37. The van der Waals surface area contributed by atoms with E-state index in [1.54, 1.807) is 0 Å². The van der Waals surface area contributed by atoms with Gasteiger partial charge in [-0.2, -0.15) is 0 Å². The summed E-state index contributed by atoms with van der Waals surface area (Å²) in [5, 5.41) is 0. The van der Waals surface area contributed by atoms with Crippen LogP contribution in [0.1, 0.15) is 13.8 Å². The van der Waals surface area contributed by atoms with Crippen molar-refractivity contribution in [3.63, 3.8) is 0 Å². The Morgan fingerprint density at radius 1 is 1.56 bits per heavy atom. The molecule has 0 saturated heterocycles. The molecule has 2 rings (SSSR count). The quantitative estimate of drug-likeness (QED) is 0.524. The number of methoxy groups -OCH3 is 1. The molecule has 4 nitrogen and oxygen atoms in total. The largest absolute Gasteiger partial charge is 0.466 e. The fourth-order valence-electron chi connectivity index (χ4n) is 2.14. The second kappa shape index (κ2) is 3.47. The molecule has 0 N–H and O–H groups in total. The highest BCUT2D eigenvalue weighted by atomic mass is 16.5. The molecule has 16 heavy (non-hydrogen) atoms. The van der Waals surface area contributed by atoms with Gasteiger partial charge in [-0.15, -0.1) is 0 Å². The molecule has 1 heterocycles. The van der Waals surface area contributed by atoms with E-state index < -0.39 is 5.97 Å². The van der Waals surface area contributed by atoms with Crippen molar-refractivity contribution in [2.24, 2.45) is 17.3 Å². The van der Waals surface area contributed by atoms with E-state index in [4.69, 9.17) is 4.74 Å². The Balaban J connectivity index is 2.11. The van der Waals surface area contributed by atoms with E-state index in [2.05, 4.69) is 4.74 Å². The van der Waals surface area contributed by atoms with Crippen molar-refractivity contribution in [2.75, 3.05) is 7.11 Å². The molecule has 0 aromatic heterocycles. The number of rotatable bonds is 2. The number of hydrogen-bond donors (Lipinski definition) is 0. The minimum absolute atomic E-state index is 0.0159. The number of ether oxygens (including phenoxy) is 2. The van der Waals surface area contributed by atoms with Crippen LogP contribution in [0, 0.1) is 17.3 Å². The molecule has 0 aromatic carbocycles. The Hall–Kier alpha value is -1.58. The first-order valence-corrected chi connectivity index (χ1v) is 5.16. The van der Waals surface area contributed by atoms with Gasteiger partial charge in [-0.05, 0) is 17.6 Å². The average molecular weight is 222 g/mol. The summed E-state index contributed by atoms with van der Waals surface area (Å²) in [5.74, 6) is -0.0350. The third-order valence-electron chi connectivity index (χ3n) is 3.31. The summed E-state index contributed by atoms with van der Waals surface area (Å²) in [6, 6.07) is 0. The van der Waals surface area contributed by atoms with Crippen LogP contribution in [0.5, 0.6) is 0 Å². The van der Waals surface area contributed by atoms with Gasteiger partial charge in [0.2, 0.25) is 0 Å². The van der Waals surface area contributed by atoms with Gasteiger partial charge in [0.15, 0.2) is 0 Å². The molecule has 1 aliphatic heterocycles. The number of carbonyl (C=O) groups excluding carboxylic acids is 2. The number of fused-ring (bicyclic) bond motifs is 1. The molecule has 1 saturated carbocycles. The second-order valence-corrected chi connectivity index (χ2v) is 4.67. The maximum absolute atomic E-state index is 11.6. The molecule has 0 unspecified atom stereocenters. The Labute approximate surface area is 93.9 Å². The van der Waals surface area contributed by atoms with Crippen LogP contribution in [0.15, 0.2) is 24.0 Å². The van der Waals surface area contributed by atoms with E-state index in [1.165, 1.54) is 19.3 Å². The topological polar surface area (TPSA) is 52.6 Å². The lowest BCUT2D eigenvalue weighted by molar-refractivity contribution is -0.142. The molecule has 0 bridgehead atoms. The van der Waals surface area contributed by atoms with E-state index in [1.807, 2.05) is 19.9 Å². The van der Waals surface area contributed by atoms with Crippen molar-refractivity contribution in [3.05, 3.63) is 24.0 Å². The zero-order chi connectivity index (χ0) is 11.9. The maximum Gasteiger partial charge on any atom is 0.330 e. The van der Waals surface area contributed by atoms with Crippen LogP contribution in [0.2, 0.25) is 0 Å². The van der Waals surface area contributed by atoms with E-state index in [0.29, 0.717) is 5.76 Å². The van der Waals surface area contributed by atoms with E-state index >= 15 is 0 Å². The lowest BCUT2D eigenvalue weighted by atomic mass is 10.1. The second-order valence-electron chi connectivity index (χ2n) is 4.67. The Bertz CT molecular complexity index is 403. The van der Waals surface area contributed by atoms with Crippen LogP contribution in [-0.2, 0) is 19.1 Å². The minimum Gasteiger partial charge on any atom is -0.466 e. The smallest absolute Gasteiger partial charge is 0.330 e. The molecule has 4 heteroatoms. The third-order valence-corrected chi connectivity index (χ3v) is 3.31. The first-order chi connectivity index (χ1) is 7.46. The normalized spacial score (nSPS) is 30.4. The zero-order valence-electron chi connectivity index (χ0n) is 9.52. The van der Waals surface area contributed by atoms with Crippen molar-refractivity contribution in [3.8, 4) is 0 Å². The van der Waals surface area contributed by atoms with Gasteiger partial charge in [-0.3, -0.25) is 4.79 Å². The van der Waals surface area contributed by atoms with Crippen molar-refractivity contribution >= 4 is 11.9 Å². The first kappa shape index (κ1) is 10.9. The third kappa shape index (κ3) is 1.64. The van der Waals surface area contributed by atoms with Crippen molar-refractivity contribution in [1.82, 2.24) is 0 Å². The number of carbonyl (C=O) groups is 2. The highest BCUT2D eigenvalue weighted by molar-refractivity contribution is 5.84. The predicted octanol–water partition coefficient (Wildman–Crippen LogP) is 1.43. The van der Waals surface area contributed by atoms with Gasteiger partial charge in [0.05, 0.1) is 13.0 Å². The van der Waals surface area contributed by atoms with E-state index in [9.17, 15) is 9.59 Å². The predicted molar refractivity (Wildman–Crippen MR) is 56.1 cm³/mol. The number of cyclic esters (lactones) is 1. The lowest BCUT2D eigenvalue weighted by Gasteiger charge is -2.08. The van der Waals surface area contributed by atoms with Crippen molar-refractivity contribution in [1.29, 1.82) is 0 Å². The standard InChI is InChI=1S/C12H14O4/c1-12(2)8-6-7(4-5-9(13)15-3)16-11(14)10(8)12/h4-6,8,10H,1-3H3/b5-4+/t8-,10-/m0/s1. The molecular weight excluding hydrogens is 208 g/mol. The highest BCUT2D eigenvalue weighted by Gasteiger charge is 2.63. The summed E-state index contributed by atoms with van der Waals surface area (Å²) < 4.78 is 9.55. The molecule has 1 fully saturated rings. The van der Waals surface area contributed by atoms with E-state index in [0.717, 1.165) is 0 Å². The molecule has 0 amide bonds. The number of esters is 2. The van der Waals surface area contributed by atoms with Crippen molar-refractivity contribution in [2.45, 2.75) is 13.8 Å². The maximum atomic E-state index is 11.6. The van der Waals surface area contributed by atoms with Crippen molar-refractivity contribution < 1.29 is 19.1 Å². The fraction of sp³-hybridized carbons (Fsp3) is 0.500. The first-order valence-electron chi connectivity index (χ1n) is 5.16. The summed E-state index contributed by atoms with van der Waals surface area (Å²) in [6.07, 6.45) is 4.61. The van der Waals surface area contributed by atoms with Gasteiger partial charge >= 0.3 is 11.9 Å². The zero-order valence-corrected chi connectivity index (χ0v) is 9.52. The van der Waals surface area contributed by atoms with Gasteiger partial charge in [-0.25, -0.2) is 4.79 Å². The summed E-state index contributed by atoms with van der Waals surface area (Å²) in [4.78, 5) is 22.4. The summed E-state index contributed by atoms with van der Waals surface area (Å²) in [6.45, 7) is 4.07. The highest BCUT2D eigenvalue weighted by Crippen LogP contribution is 2.61. The van der Waals surface area contributed by atoms with Crippen LogP contribution in [0.25, 0.3) is 0 Å². The summed E-state index contributed by atoms with van der Waals surface area (Å²) >= 11 is 0. The van der Waals surface area contributed by atoms with Crippen LogP contribution >= 0.6 is 0 Å². The molecular formula is C12H14O4. The molecule has 1 aliphatic carbocycles. The van der Waals surface area contributed by atoms with Gasteiger partial charge in [0.1, 0.15) is 5.76 Å². The molecule has 86 valence electrons. The molecule has 2 atom stereocenters. The molecule has 0 radical (unpaired) electrons. The summed E-state index contributed by atoms with van der Waals surface area (Å²) in [7, 11) is 1.30. The molecule has 2 aliphatic rings. The number of allylic oxidation sites excluding steroid dienone is 2. The van der Waals surface area contributed by atoms with Gasteiger partial charge < -0.3 is 9.47 Å². The number of hydrogen-bond acceptors (Lipinski definition) is 4. The fourth-order valence-corrected chi connectivity index (χ4v) is 2.14. The Morgan fingerprint density at radius 3 is 2.81 bits per heavy atom. The molecule has 0 aromatic rings. The monoisotopic (exact) mass is 222 g/mol. The average Bonchev–Trinajstić information content (AvgIpc) is 2.78. The van der Waals surface area contributed by atoms with Crippen LogP contribution in [0.4, 0.5) is 0 Å². The van der Waals surface area contributed by atoms with Crippen LogP contribution in [0.3, 0.4) is 0 Å². The SMILES string of the molecule is COC(=O)/C=C/C1=C[C@H]2[C@@H](C(=O)O1)C2(C)C. The summed E-state index contributed by atoms with van der Waals surface area (Å²) in [5.41, 5.74) is -0.0159. The van der Waals surface area contributed by atoms with Gasteiger partial charge in [-0.1, -0.05) is 13.8 Å². The van der Waals surface area contributed by atoms with E-state index in [-0.39, 0.29) is 23.2 Å². The Morgan fingerprint density at radius 2 is 2.25 bits per heavy atom. The van der Waals surface area contributed by atoms with Gasteiger partial charge in [0, 0.05) is 12.0 Å². The molecule has 0 spiro atoms. The van der Waals surface area contributed by atoms with Crippen LogP contribution < -0.4 is 0 Å². The minimum atomic E-state index is -0.464. The lowest BCUT2D eigenvalue weighted by Crippen LogP contribution is -2.12. The van der Waals surface area contributed by atoms with Gasteiger partial charge in [0.25, 0.3) is 0 Å². The van der Waals surface area contributed by atoms with Crippen LogP contribution in [-0.4, -0.2) is 19.0 Å².